The molecule has 23 heavy (non-hydrogen) atoms. The van der Waals surface area contributed by atoms with Crippen LogP contribution in [0.25, 0.3) is 0 Å². The first kappa shape index (κ1) is 17.4. The van der Waals surface area contributed by atoms with Crippen LogP contribution in [0.5, 0.6) is 0 Å². The topological polar surface area (TPSA) is 84.9 Å². The molecule has 2 N–H and O–H groups in total. The minimum Gasteiger partial charge on any atom is -0.481 e. The molecule has 0 aliphatic carbocycles. The molecule has 1 unspecified atom stereocenters. The van der Waals surface area contributed by atoms with E-state index >= 15 is 0 Å². The molecule has 6 nitrogen and oxygen atoms in total. The van der Waals surface area contributed by atoms with Gasteiger partial charge < -0.3 is 19.9 Å². The van der Waals surface area contributed by atoms with Gasteiger partial charge in [0.05, 0.1) is 12.5 Å². The van der Waals surface area contributed by atoms with E-state index < -0.39 is 11.9 Å². The molecule has 1 atom stereocenters. The lowest BCUT2D eigenvalue weighted by molar-refractivity contribution is -0.144. The van der Waals surface area contributed by atoms with E-state index in [2.05, 4.69) is 5.32 Å². The van der Waals surface area contributed by atoms with E-state index in [0.717, 1.165) is 18.4 Å². The predicted molar refractivity (Wildman–Crippen MR) is 84.2 cm³/mol. The first-order valence-corrected chi connectivity index (χ1v) is 7.78. The number of nitrogens with one attached hydrogen (secondary N) is 1. The largest absolute Gasteiger partial charge is 0.481 e. The Morgan fingerprint density at radius 2 is 2.13 bits per heavy atom. The van der Waals surface area contributed by atoms with Crippen molar-refractivity contribution in [2.45, 2.75) is 19.4 Å². The van der Waals surface area contributed by atoms with E-state index in [0.29, 0.717) is 25.4 Å². The van der Waals surface area contributed by atoms with Crippen molar-refractivity contribution < 1.29 is 24.2 Å². The van der Waals surface area contributed by atoms with Gasteiger partial charge in [0.15, 0.2) is 0 Å². The monoisotopic (exact) mass is 321 g/mol. The molecule has 1 amide bonds. The van der Waals surface area contributed by atoms with Gasteiger partial charge in [-0.2, -0.15) is 0 Å². The van der Waals surface area contributed by atoms with E-state index in [1.54, 1.807) is 25.3 Å². The molecule has 0 aromatic heterocycles. The number of carboxylic acids is 1. The predicted octanol–water partition coefficient (Wildman–Crippen LogP) is 1.69. The van der Waals surface area contributed by atoms with Crippen molar-refractivity contribution in [2.24, 2.45) is 11.8 Å². The van der Waals surface area contributed by atoms with Gasteiger partial charge in [-0.3, -0.25) is 9.59 Å². The Morgan fingerprint density at radius 3 is 2.78 bits per heavy atom. The normalized spacial score (nSPS) is 16.7. The van der Waals surface area contributed by atoms with Crippen molar-refractivity contribution in [3.05, 3.63) is 35.4 Å². The third kappa shape index (κ3) is 5.04. The minimum absolute atomic E-state index is 0.0429. The van der Waals surface area contributed by atoms with Crippen LogP contribution >= 0.6 is 0 Å². The lowest BCUT2D eigenvalue weighted by atomic mass is 9.86. The Balaban J connectivity index is 1.95. The van der Waals surface area contributed by atoms with Crippen molar-refractivity contribution in [1.29, 1.82) is 0 Å². The number of benzene rings is 1. The minimum atomic E-state index is -0.870. The third-order valence-corrected chi connectivity index (χ3v) is 4.13. The van der Waals surface area contributed by atoms with Crippen molar-refractivity contribution in [3.8, 4) is 0 Å². The third-order valence-electron chi connectivity index (χ3n) is 4.13. The Hall–Kier alpha value is -1.92. The Morgan fingerprint density at radius 1 is 1.39 bits per heavy atom. The molecule has 0 bridgehead atoms. The Bertz CT molecular complexity index is 540. The fraction of sp³-hybridized carbons (Fsp3) is 0.529. The molecule has 0 saturated carbocycles. The fourth-order valence-electron chi connectivity index (χ4n) is 2.85. The van der Waals surface area contributed by atoms with Crippen LogP contribution in [-0.4, -0.2) is 43.9 Å². The van der Waals surface area contributed by atoms with Crippen molar-refractivity contribution in [3.63, 3.8) is 0 Å². The number of methoxy groups -OCH3 is 1. The highest BCUT2D eigenvalue weighted by Crippen LogP contribution is 2.23. The van der Waals surface area contributed by atoms with Crippen LogP contribution in [0.2, 0.25) is 0 Å². The number of ether oxygens (including phenoxy) is 2. The van der Waals surface area contributed by atoms with Gasteiger partial charge in [-0.25, -0.2) is 0 Å². The number of carbonyl (C=O) groups excluding carboxylic acids is 1. The van der Waals surface area contributed by atoms with Gasteiger partial charge in [0, 0.05) is 32.4 Å². The summed E-state index contributed by atoms with van der Waals surface area (Å²) in [5, 5.41) is 12.2. The van der Waals surface area contributed by atoms with Crippen LogP contribution < -0.4 is 5.32 Å². The molecule has 1 saturated heterocycles. The number of hydrogen-bond donors (Lipinski definition) is 2. The SMILES string of the molecule is COCc1cccc(C(=O)NCC(C(=O)O)C2CCOCC2)c1. The van der Waals surface area contributed by atoms with Crippen molar-refractivity contribution >= 4 is 11.9 Å². The van der Waals surface area contributed by atoms with Crippen LogP contribution in [0.3, 0.4) is 0 Å². The summed E-state index contributed by atoms with van der Waals surface area (Å²) in [5.41, 5.74) is 1.41. The molecule has 0 spiro atoms. The Kier molecular flexibility index (Phi) is 6.55. The first-order chi connectivity index (χ1) is 11.1. The number of aliphatic carboxylic acids is 1. The summed E-state index contributed by atoms with van der Waals surface area (Å²) in [6.07, 6.45) is 1.44. The van der Waals surface area contributed by atoms with Gasteiger partial charge in [-0.05, 0) is 36.5 Å². The summed E-state index contributed by atoms with van der Waals surface area (Å²) in [6, 6.07) is 7.13. The average Bonchev–Trinajstić information content (AvgIpc) is 2.56. The summed E-state index contributed by atoms with van der Waals surface area (Å²) in [4.78, 5) is 23.7. The van der Waals surface area contributed by atoms with E-state index in [4.69, 9.17) is 9.47 Å². The molecule has 1 aliphatic heterocycles. The van der Waals surface area contributed by atoms with Gasteiger partial charge in [-0.1, -0.05) is 12.1 Å². The zero-order valence-electron chi connectivity index (χ0n) is 13.3. The number of rotatable bonds is 7. The van der Waals surface area contributed by atoms with Gasteiger partial charge in [-0.15, -0.1) is 0 Å². The van der Waals surface area contributed by atoms with Crippen LogP contribution in [0, 0.1) is 11.8 Å². The molecule has 0 radical (unpaired) electrons. The van der Waals surface area contributed by atoms with Gasteiger partial charge in [0.2, 0.25) is 0 Å². The van der Waals surface area contributed by atoms with Gasteiger partial charge in [0.25, 0.3) is 5.91 Å². The lowest BCUT2D eigenvalue weighted by Crippen LogP contribution is -2.39. The van der Waals surface area contributed by atoms with Gasteiger partial charge >= 0.3 is 5.97 Å². The second-order valence-corrected chi connectivity index (χ2v) is 5.74. The highest BCUT2D eigenvalue weighted by atomic mass is 16.5. The van der Waals surface area contributed by atoms with E-state index in [-0.39, 0.29) is 18.4 Å². The highest BCUT2D eigenvalue weighted by molar-refractivity contribution is 5.94. The molecule has 1 aromatic carbocycles. The second-order valence-electron chi connectivity index (χ2n) is 5.74. The van der Waals surface area contributed by atoms with Crippen LogP contribution in [0.15, 0.2) is 24.3 Å². The fourth-order valence-corrected chi connectivity index (χ4v) is 2.85. The molecular weight excluding hydrogens is 298 g/mol. The molecule has 1 aromatic rings. The van der Waals surface area contributed by atoms with E-state index in [9.17, 15) is 14.7 Å². The number of hydrogen-bond acceptors (Lipinski definition) is 4. The molecule has 1 fully saturated rings. The summed E-state index contributed by atoms with van der Waals surface area (Å²) in [6.45, 7) is 1.73. The summed E-state index contributed by atoms with van der Waals surface area (Å²) in [5.74, 6) is -1.67. The van der Waals surface area contributed by atoms with Crippen LogP contribution in [0.4, 0.5) is 0 Å². The average molecular weight is 321 g/mol. The Labute approximate surface area is 135 Å². The quantitative estimate of drug-likeness (QED) is 0.798. The standard InChI is InChI=1S/C17H23NO5/c1-22-11-12-3-2-4-14(9-12)16(19)18-10-15(17(20)21)13-5-7-23-8-6-13/h2-4,9,13,15H,5-8,10-11H2,1H3,(H,18,19)(H,20,21). The smallest absolute Gasteiger partial charge is 0.308 e. The van der Waals surface area contributed by atoms with E-state index in [1.165, 1.54) is 0 Å². The zero-order valence-corrected chi connectivity index (χ0v) is 13.3. The zero-order chi connectivity index (χ0) is 16.7. The van der Waals surface area contributed by atoms with Crippen LogP contribution in [0.1, 0.15) is 28.8 Å². The summed E-state index contributed by atoms with van der Waals surface area (Å²) >= 11 is 0. The maximum Gasteiger partial charge on any atom is 0.308 e. The van der Waals surface area contributed by atoms with Crippen molar-refractivity contribution in [2.75, 3.05) is 26.9 Å². The maximum atomic E-state index is 12.2. The lowest BCUT2D eigenvalue weighted by Gasteiger charge is -2.27. The number of carbonyl (C=O) groups is 2. The molecule has 126 valence electrons. The van der Waals surface area contributed by atoms with Crippen LogP contribution in [-0.2, 0) is 20.9 Å². The van der Waals surface area contributed by atoms with Crippen molar-refractivity contribution in [1.82, 2.24) is 5.32 Å². The number of amides is 1. The first-order valence-electron chi connectivity index (χ1n) is 7.78. The maximum absolute atomic E-state index is 12.2. The van der Waals surface area contributed by atoms with Gasteiger partial charge in [0.1, 0.15) is 0 Å². The van der Waals surface area contributed by atoms with E-state index in [1.807, 2.05) is 6.07 Å². The second kappa shape index (κ2) is 8.64. The highest BCUT2D eigenvalue weighted by Gasteiger charge is 2.30. The molecule has 1 aliphatic rings. The molecular formula is C17H23NO5. The summed E-state index contributed by atoms with van der Waals surface area (Å²) in [7, 11) is 1.60. The molecule has 2 rings (SSSR count). The molecule has 6 heteroatoms. The summed E-state index contributed by atoms with van der Waals surface area (Å²) < 4.78 is 10.3. The molecule has 1 heterocycles. The number of carboxylic acid groups (broad SMARTS) is 1.